The fourth-order valence-electron chi connectivity index (χ4n) is 1.63. The van der Waals surface area contributed by atoms with Gasteiger partial charge >= 0.3 is 5.97 Å². The lowest BCUT2D eigenvalue weighted by Gasteiger charge is -2.09. The summed E-state index contributed by atoms with van der Waals surface area (Å²) in [6, 6.07) is 10.5. The monoisotopic (exact) mass is 321 g/mol. The number of nitrogens with zero attached hydrogens (tertiary/aromatic N) is 1. The molecule has 0 saturated carbocycles. The molecule has 0 aliphatic heterocycles. The third-order valence-electron chi connectivity index (χ3n) is 2.49. The number of carboxylic acids is 1. The summed E-state index contributed by atoms with van der Waals surface area (Å²) in [4.78, 5) is 15.4. The molecular formula is C14H12BrNO3. The van der Waals surface area contributed by atoms with Crippen LogP contribution >= 0.6 is 15.9 Å². The average Bonchev–Trinajstić information content (AvgIpc) is 2.37. The van der Waals surface area contributed by atoms with Crippen molar-refractivity contribution >= 4 is 21.9 Å². The molecule has 98 valence electrons. The maximum atomic E-state index is 11.1. The van der Waals surface area contributed by atoms with E-state index in [2.05, 4.69) is 20.9 Å². The molecule has 0 radical (unpaired) electrons. The van der Waals surface area contributed by atoms with Gasteiger partial charge in [-0.05, 0) is 37.3 Å². The van der Waals surface area contributed by atoms with E-state index < -0.39 is 5.97 Å². The van der Waals surface area contributed by atoms with Gasteiger partial charge in [-0.3, -0.25) is 4.98 Å². The largest absolute Gasteiger partial charge is 0.486 e. The van der Waals surface area contributed by atoms with Crippen molar-refractivity contribution in [2.24, 2.45) is 0 Å². The van der Waals surface area contributed by atoms with Gasteiger partial charge in [-0.1, -0.05) is 22.0 Å². The van der Waals surface area contributed by atoms with Crippen LogP contribution in [0.3, 0.4) is 0 Å². The van der Waals surface area contributed by atoms with Crippen molar-refractivity contribution in [3.63, 3.8) is 0 Å². The van der Waals surface area contributed by atoms with Crippen molar-refractivity contribution in [2.45, 2.75) is 13.5 Å². The second kappa shape index (κ2) is 5.84. The van der Waals surface area contributed by atoms with E-state index in [1.807, 2.05) is 25.1 Å². The molecule has 0 atom stereocenters. The Balaban J connectivity index is 2.17. The molecule has 1 aromatic carbocycles. The standard InChI is InChI=1S/C14H12BrNO3/c1-9-3-2-4-11(16-9)8-19-13-6-5-10(15)7-12(13)14(17)18/h2-7H,8H2,1H3,(H,17,18). The third-order valence-corrected chi connectivity index (χ3v) is 2.99. The average molecular weight is 322 g/mol. The summed E-state index contributed by atoms with van der Waals surface area (Å²) >= 11 is 3.24. The number of aromatic carboxylic acids is 1. The Kier molecular flexibility index (Phi) is 4.16. The highest BCUT2D eigenvalue weighted by molar-refractivity contribution is 9.10. The van der Waals surface area contributed by atoms with E-state index >= 15 is 0 Å². The van der Waals surface area contributed by atoms with Crippen LogP contribution in [-0.4, -0.2) is 16.1 Å². The second-order valence-corrected chi connectivity index (χ2v) is 4.92. The zero-order valence-electron chi connectivity index (χ0n) is 10.3. The molecule has 2 rings (SSSR count). The Labute approximate surface area is 119 Å². The summed E-state index contributed by atoms with van der Waals surface area (Å²) < 4.78 is 6.23. The van der Waals surface area contributed by atoms with Crippen molar-refractivity contribution in [3.05, 3.63) is 57.8 Å². The molecule has 0 aliphatic carbocycles. The van der Waals surface area contributed by atoms with Crippen LogP contribution < -0.4 is 4.74 Å². The molecule has 0 aliphatic rings. The molecule has 4 nitrogen and oxygen atoms in total. The Hall–Kier alpha value is -1.88. The summed E-state index contributed by atoms with van der Waals surface area (Å²) in [7, 11) is 0. The molecule has 0 saturated heterocycles. The van der Waals surface area contributed by atoms with Crippen LogP contribution in [0.15, 0.2) is 40.9 Å². The molecule has 2 aromatic rings. The van der Waals surface area contributed by atoms with Crippen LogP contribution in [0.1, 0.15) is 21.7 Å². The van der Waals surface area contributed by atoms with Gasteiger partial charge in [-0.15, -0.1) is 0 Å². The van der Waals surface area contributed by atoms with Gasteiger partial charge < -0.3 is 9.84 Å². The number of carboxylic acid groups (broad SMARTS) is 1. The third kappa shape index (κ3) is 3.54. The molecule has 0 bridgehead atoms. The Morgan fingerprint density at radius 2 is 2.16 bits per heavy atom. The number of rotatable bonds is 4. The van der Waals surface area contributed by atoms with Crippen LogP contribution in [0.5, 0.6) is 5.75 Å². The number of ether oxygens (including phenoxy) is 1. The predicted molar refractivity (Wildman–Crippen MR) is 74.4 cm³/mol. The first-order chi connectivity index (χ1) is 9.06. The van der Waals surface area contributed by atoms with E-state index in [-0.39, 0.29) is 12.2 Å². The number of hydrogen-bond acceptors (Lipinski definition) is 3. The van der Waals surface area contributed by atoms with Gasteiger partial charge in [0.1, 0.15) is 17.9 Å². The first kappa shape index (κ1) is 13.5. The number of aromatic nitrogens is 1. The Morgan fingerprint density at radius 1 is 1.37 bits per heavy atom. The van der Waals surface area contributed by atoms with Gasteiger partial charge in [0, 0.05) is 10.2 Å². The van der Waals surface area contributed by atoms with Gasteiger partial charge in [0.05, 0.1) is 5.69 Å². The van der Waals surface area contributed by atoms with Gasteiger partial charge in [0.25, 0.3) is 0 Å². The fraction of sp³-hybridized carbons (Fsp3) is 0.143. The van der Waals surface area contributed by atoms with E-state index in [0.29, 0.717) is 10.2 Å². The smallest absolute Gasteiger partial charge is 0.339 e. The molecule has 0 fully saturated rings. The van der Waals surface area contributed by atoms with Gasteiger partial charge in [-0.25, -0.2) is 4.79 Å². The Morgan fingerprint density at radius 3 is 2.84 bits per heavy atom. The first-order valence-corrected chi connectivity index (χ1v) is 6.44. The van der Waals surface area contributed by atoms with Crippen molar-refractivity contribution < 1.29 is 14.6 Å². The molecule has 1 aromatic heterocycles. The van der Waals surface area contributed by atoms with Gasteiger partial charge in [0.15, 0.2) is 0 Å². The van der Waals surface area contributed by atoms with Gasteiger partial charge in [-0.2, -0.15) is 0 Å². The maximum Gasteiger partial charge on any atom is 0.339 e. The topological polar surface area (TPSA) is 59.4 Å². The minimum absolute atomic E-state index is 0.127. The maximum absolute atomic E-state index is 11.1. The number of aryl methyl sites for hydroxylation is 1. The lowest BCUT2D eigenvalue weighted by molar-refractivity contribution is 0.0691. The van der Waals surface area contributed by atoms with Crippen LogP contribution in [-0.2, 0) is 6.61 Å². The van der Waals surface area contributed by atoms with Crippen molar-refractivity contribution in [2.75, 3.05) is 0 Å². The lowest BCUT2D eigenvalue weighted by Crippen LogP contribution is -2.04. The highest BCUT2D eigenvalue weighted by Crippen LogP contribution is 2.24. The second-order valence-electron chi connectivity index (χ2n) is 4.00. The van der Waals surface area contributed by atoms with Gasteiger partial charge in [0.2, 0.25) is 0 Å². The van der Waals surface area contributed by atoms with E-state index in [1.165, 1.54) is 6.07 Å². The van der Waals surface area contributed by atoms with Crippen LogP contribution in [0, 0.1) is 6.92 Å². The molecule has 0 unspecified atom stereocenters. The van der Waals surface area contributed by atoms with E-state index in [4.69, 9.17) is 9.84 Å². The van der Waals surface area contributed by atoms with Crippen LogP contribution in [0.2, 0.25) is 0 Å². The van der Waals surface area contributed by atoms with Crippen LogP contribution in [0.25, 0.3) is 0 Å². The highest BCUT2D eigenvalue weighted by atomic mass is 79.9. The summed E-state index contributed by atoms with van der Waals surface area (Å²) in [6.07, 6.45) is 0. The van der Waals surface area contributed by atoms with E-state index in [0.717, 1.165) is 11.4 Å². The molecule has 5 heteroatoms. The lowest BCUT2D eigenvalue weighted by atomic mass is 10.2. The molecular weight excluding hydrogens is 310 g/mol. The highest BCUT2D eigenvalue weighted by Gasteiger charge is 2.12. The summed E-state index contributed by atoms with van der Waals surface area (Å²) in [5.74, 6) is -0.687. The normalized spacial score (nSPS) is 10.2. The van der Waals surface area contributed by atoms with Crippen molar-refractivity contribution in [1.29, 1.82) is 0 Å². The molecule has 0 amide bonds. The summed E-state index contributed by atoms with van der Waals surface area (Å²) in [5, 5.41) is 9.11. The minimum Gasteiger partial charge on any atom is -0.486 e. The number of halogens is 1. The number of hydrogen-bond donors (Lipinski definition) is 1. The van der Waals surface area contributed by atoms with Crippen molar-refractivity contribution in [3.8, 4) is 5.75 Å². The first-order valence-electron chi connectivity index (χ1n) is 5.64. The van der Waals surface area contributed by atoms with Crippen molar-refractivity contribution in [1.82, 2.24) is 4.98 Å². The molecule has 0 spiro atoms. The fourth-order valence-corrected chi connectivity index (χ4v) is 1.99. The number of pyridine rings is 1. The predicted octanol–water partition coefficient (Wildman–Crippen LogP) is 3.43. The summed E-state index contributed by atoms with van der Waals surface area (Å²) in [5.41, 5.74) is 1.79. The quantitative estimate of drug-likeness (QED) is 0.937. The zero-order valence-corrected chi connectivity index (χ0v) is 11.8. The summed E-state index contributed by atoms with van der Waals surface area (Å²) in [6.45, 7) is 2.13. The number of carbonyl (C=O) groups is 1. The SMILES string of the molecule is Cc1cccc(COc2ccc(Br)cc2C(=O)O)n1. The van der Waals surface area contributed by atoms with Crippen LogP contribution in [0.4, 0.5) is 0 Å². The molecule has 1 N–H and O–H groups in total. The van der Waals surface area contributed by atoms with E-state index in [9.17, 15) is 4.79 Å². The Bertz CT molecular complexity index is 613. The molecule has 19 heavy (non-hydrogen) atoms. The number of benzene rings is 1. The molecule has 1 heterocycles. The zero-order chi connectivity index (χ0) is 13.8. The minimum atomic E-state index is -1.02. The van der Waals surface area contributed by atoms with E-state index in [1.54, 1.807) is 12.1 Å².